The number of benzene rings is 2. The number of nitrogens with one attached hydrogen (secondary N) is 1. The van der Waals surface area contributed by atoms with Gasteiger partial charge in [0.1, 0.15) is 11.3 Å². The minimum atomic E-state index is -0.418. The molecule has 5 rings (SSSR count). The zero-order valence-electron chi connectivity index (χ0n) is 18.1. The maximum Gasteiger partial charge on any atom is 0.336 e. The lowest BCUT2D eigenvalue weighted by atomic mass is 10.1. The van der Waals surface area contributed by atoms with Crippen molar-refractivity contribution in [2.45, 2.75) is 13.5 Å². The van der Waals surface area contributed by atoms with E-state index in [0.717, 1.165) is 54.0 Å². The average Bonchev–Trinajstić information content (AvgIpc) is 3.19. The van der Waals surface area contributed by atoms with E-state index in [-0.39, 0.29) is 12.5 Å². The lowest BCUT2D eigenvalue weighted by Gasteiger charge is -2.26. The standard InChI is InChI=1S/C24H23N3O5S/c1-15-10-23(29)32-20-12-17(3-4-18(15)20)31-14-22(28)26-24-25-19-5-2-16(11-21(19)33-24)13-27-6-8-30-9-7-27/h2-5,10-12H,6-9,13-14H2,1H3,(H,25,26,28). The highest BCUT2D eigenvalue weighted by Crippen LogP contribution is 2.27. The molecule has 9 heteroatoms. The molecule has 0 saturated carbocycles. The fourth-order valence-corrected chi connectivity index (χ4v) is 4.78. The van der Waals surface area contributed by atoms with Crippen LogP contribution in [-0.2, 0) is 16.1 Å². The number of thiazole rings is 1. The first-order valence-corrected chi connectivity index (χ1v) is 11.5. The first kappa shape index (κ1) is 21.6. The summed E-state index contributed by atoms with van der Waals surface area (Å²) in [5, 5.41) is 4.16. The molecule has 1 amide bonds. The summed E-state index contributed by atoms with van der Waals surface area (Å²) in [6.45, 7) is 5.95. The van der Waals surface area contributed by atoms with Crippen LogP contribution in [0.15, 0.2) is 51.7 Å². The topological polar surface area (TPSA) is 93.9 Å². The van der Waals surface area contributed by atoms with E-state index < -0.39 is 5.63 Å². The number of aryl methyl sites for hydroxylation is 1. The number of carbonyl (C=O) groups excluding carboxylic acids is 1. The molecule has 170 valence electrons. The smallest absolute Gasteiger partial charge is 0.336 e. The highest BCUT2D eigenvalue weighted by Gasteiger charge is 2.13. The monoisotopic (exact) mass is 465 g/mol. The molecule has 8 nitrogen and oxygen atoms in total. The van der Waals surface area contributed by atoms with Crippen molar-refractivity contribution in [1.82, 2.24) is 9.88 Å². The van der Waals surface area contributed by atoms with Gasteiger partial charge in [-0.15, -0.1) is 0 Å². The van der Waals surface area contributed by atoms with Crippen molar-refractivity contribution in [3.05, 3.63) is 64.0 Å². The third kappa shape index (κ3) is 5.05. The Hall–Kier alpha value is -3.27. The van der Waals surface area contributed by atoms with Crippen molar-refractivity contribution in [2.75, 3.05) is 38.2 Å². The summed E-state index contributed by atoms with van der Waals surface area (Å²) in [7, 11) is 0. The molecule has 4 aromatic rings. The van der Waals surface area contributed by atoms with Crippen LogP contribution in [0.1, 0.15) is 11.1 Å². The number of rotatable bonds is 6. The van der Waals surface area contributed by atoms with Gasteiger partial charge in [0.15, 0.2) is 11.7 Å². The van der Waals surface area contributed by atoms with Crippen molar-refractivity contribution < 1.29 is 18.7 Å². The lowest BCUT2D eigenvalue weighted by molar-refractivity contribution is -0.118. The van der Waals surface area contributed by atoms with Gasteiger partial charge < -0.3 is 13.9 Å². The third-order valence-electron chi connectivity index (χ3n) is 5.50. The van der Waals surface area contributed by atoms with Gasteiger partial charge in [-0.25, -0.2) is 9.78 Å². The van der Waals surface area contributed by atoms with Gasteiger partial charge in [-0.05, 0) is 42.3 Å². The van der Waals surface area contributed by atoms with E-state index in [1.807, 2.05) is 19.1 Å². The molecule has 33 heavy (non-hydrogen) atoms. The summed E-state index contributed by atoms with van der Waals surface area (Å²) in [5.74, 6) is 0.136. The number of ether oxygens (including phenoxy) is 2. The zero-order chi connectivity index (χ0) is 22.8. The Bertz CT molecular complexity index is 1370. The number of amides is 1. The summed E-state index contributed by atoms with van der Waals surface area (Å²) < 4.78 is 17.2. The Labute approximate surface area is 193 Å². The van der Waals surface area contributed by atoms with Gasteiger partial charge >= 0.3 is 5.63 Å². The molecule has 1 saturated heterocycles. The number of aromatic nitrogens is 1. The molecular formula is C24H23N3O5S. The first-order valence-electron chi connectivity index (χ1n) is 10.7. The Morgan fingerprint density at radius 1 is 1.18 bits per heavy atom. The van der Waals surface area contributed by atoms with Gasteiger partial charge in [0, 0.05) is 37.2 Å². The number of hydrogen-bond acceptors (Lipinski definition) is 8. The molecule has 0 aliphatic carbocycles. The predicted molar refractivity (Wildman–Crippen MR) is 127 cm³/mol. The van der Waals surface area contributed by atoms with Crippen molar-refractivity contribution in [3.8, 4) is 5.75 Å². The number of hydrogen-bond donors (Lipinski definition) is 1. The lowest BCUT2D eigenvalue weighted by Crippen LogP contribution is -2.35. The van der Waals surface area contributed by atoms with Crippen LogP contribution in [0.3, 0.4) is 0 Å². The van der Waals surface area contributed by atoms with E-state index in [2.05, 4.69) is 27.3 Å². The molecular weight excluding hydrogens is 442 g/mol. The van der Waals surface area contributed by atoms with Gasteiger partial charge in [0.05, 0.1) is 23.4 Å². The summed E-state index contributed by atoms with van der Waals surface area (Å²) in [6.07, 6.45) is 0. The Balaban J connectivity index is 1.21. The van der Waals surface area contributed by atoms with Gasteiger partial charge in [-0.1, -0.05) is 17.4 Å². The van der Waals surface area contributed by atoms with Crippen LogP contribution >= 0.6 is 11.3 Å². The molecule has 0 unspecified atom stereocenters. The third-order valence-corrected chi connectivity index (χ3v) is 6.44. The van der Waals surface area contributed by atoms with Crippen LogP contribution in [0, 0.1) is 6.92 Å². The Kier molecular flexibility index (Phi) is 6.08. The first-order chi connectivity index (χ1) is 16.0. The van der Waals surface area contributed by atoms with Crippen molar-refractivity contribution >= 4 is 43.6 Å². The minimum absolute atomic E-state index is 0.181. The van der Waals surface area contributed by atoms with E-state index in [1.165, 1.54) is 23.0 Å². The van der Waals surface area contributed by atoms with E-state index in [4.69, 9.17) is 13.9 Å². The highest BCUT2D eigenvalue weighted by molar-refractivity contribution is 7.22. The molecule has 0 atom stereocenters. The van der Waals surface area contributed by atoms with Crippen LogP contribution < -0.4 is 15.7 Å². The number of carbonyl (C=O) groups is 1. The molecule has 0 radical (unpaired) electrons. The van der Waals surface area contributed by atoms with E-state index >= 15 is 0 Å². The van der Waals surface area contributed by atoms with Crippen molar-refractivity contribution in [2.24, 2.45) is 0 Å². The Morgan fingerprint density at radius 3 is 2.88 bits per heavy atom. The zero-order valence-corrected chi connectivity index (χ0v) is 18.9. The molecule has 2 aromatic heterocycles. The normalized spacial score (nSPS) is 14.6. The van der Waals surface area contributed by atoms with Crippen LogP contribution in [0.25, 0.3) is 21.2 Å². The molecule has 1 fully saturated rings. The van der Waals surface area contributed by atoms with Crippen LogP contribution in [0.5, 0.6) is 5.75 Å². The fourth-order valence-electron chi connectivity index (χ4n) is 3.84. The SMILES string of the molecule is Cc1cc(=O)oc2cc(OCC(=O)Nc3nc4ccc(CN5CCOCC5)cc4s3)ccc12. The quantitative estimate of drug-likeness (QED) is 0.435. The number of anilines is 1. The van der Waals surface area contributed by atoms with Gasteiger partial charge in [-0.2, -0.15) is 0 Å². The maximum absolute atomic E-state index is 12.4. The van der Waals surface area contributed by atoms with Gasteiger partial charge in [0.2, 0.25) is 0 Å². The molecule has 1 aliphatic heterocycles. The predicted octanol–water partition coefficient (Wildman–Crippen LogP) is 3.56. The number of morpholine rings is 1. The van der Waals surface area contributed by atoms with Gasteiger partial charge in [0.25, 0.3) is 5.91 Å². The van der Waals surface area contributed by atoms with E-state index in [0.29, 0.717) is 16.5 Å². The summed E-state index contributed by atoms with van der Waals surface area (Å²) in [4.78, 5) is 30.9. The fraction of sp³-hybridized carbons (Fsp3) is 0.292. The largest absolute Gasteiger partial charge is 0.484 e. The second-order valence-electron chi connectivity index (χ2n) is 7.95. The average molecular weight is 466 g/mol. The highest BCUT2D eigenvalue weighted by atomic mass is 32.1. The Morgan fingerprint density at radius 2 is 2.03 bits per heavy atom. The minimum Gasteiger partial charge on any atom is -0.484 e. The molecule has 1 N–H and O–H groups in total. The van der Waals surface area contributed by atoms with Crippen LogP contribution in [0.2, 0.25) is 0 Å². The summed E-state index contributed by atoms with van der Waals surface area (Å²) in [5.41, 5.74) is 2.90. The summed E-state index contributed by atoms with van der Waals surface area (Å²) >= 11 is 1.44. The van der Waals surface area contributed by atoms with Crippen molar-refractivity contribution in [3.63, 3.8) is 0 Å². The maximum atomic E-state index is 12.4. The van der Waals surface area contributed by atoms with Crippen LogP contribution in [0.4, 0.5) is 5.13 Å². The van der Waals surface area contributed by atoms with Gasteiger partial charge in [-0.3, -0.25) is 15.0 Å². The molecule has 0 spiro atoms. The molecule has 3 heterocycles. The second-order valence-corrected chi connectivity index (χ2v) is 8.98. The summed E-state index contributed by atoms with van der Waals surface area (Å²) in [6, 6.07) is 12.8. The number of fused-ring (bicyclic) bond motifs is 2. The van der Waals surface area contributed by atoms with Crippen LogP contribution in [-0.4, -0.2) is 48.7 Å². The molecule has 1 aliphatic rings. The van der Waals surface area contributed by atoms with Crippen molar-refractivity contribution in [1.29, 1.82) is 0 Å². The van der Waals surface area contributed by atoms with E-state index in [9.17, 15) is 9.59 Å². The molecule has 0 bridgehead atoms. The number of nitrogens with zero attached hydrogens (tertiary/aromatic N) is 2. The van der Waals surface area contributed by atoms with E-state index in [1.54, 1.807) is 12.1 Å². The molecule has 2 aromatic carbocycles. The second kappa shape index (κ2) is 9.30.